The van der Waals surface area contributed by atoms with Gasteiger partial charge in [-0.2, -0.15) is 0 Å². The molecule has 0 spiro atoms. The zero-order chi connectivity index (χ0) is 14.5. The standard InChI is InChI=1S/C15H24N2O2/c1-11(2)19-13-7-5-6-12(8-13)9-14(18)17-10-15(3,4)16/h5-8,11H,9-10,16H2,1-4H3,(H,17,18). The first-order chi connectivity index (χ1) is 8.76. The van der Waals surface area contributed by atoms with Crippen molar-refractivity contribution in [2.75, 3.05) is 6.54 Å². The summed E-state index contributed by atoms with van der Waals surface area (Å²) in [5, 5.41) is 2.83. The summed E-state index contributed by atoms with van der Waals surface area (Å²) in [5.41, 5.74) is 6.37. The monoisotopic (exact) mass is 264 g/mol. The van der Waals surface area contributed by atoms with Crippen LogP contribution in [0.25, 0.3) is 0 Å². The zero-order valence-electron chi connectivity index (χ0n) is 12.2. The Hall–Kier alpha value is -1.55. The van der Waals surface area contributed by atoms with Crippen LogP contribution in [0, 0.1) is 0 Å². The Morgan fingerprint density at radius 2 is 2.11 bits per heavy atom. The van der Waals surface area contributed by atoms with Crippen molar-refractivity contribution in [3.63, 3.8) is 0 Å². The summed E-state index contributed by atoms with van der Waals surface area (Å²) in [6.07, 6.45) is 0.466. The number of amides is 1. The SMILES string of the molecule is CC(C)Oc1cccc(CC(=O)NCC(C)(C)N)c1. The van der Waals surface area contributed by atoms with Crippen LogP contribution in [-0.2, 0) is 11.2 Å². The van der Waals surface area contributed by atoms with Crippen molar-refractivity contribution in [3.05, 3.63) is 29.8 Å². The van der Waals surface area contributed by atoms with Gasteiger partial charge in [0.2, 0.25) is 5.91 Å². The quantitative estimate of drug-likeness (QED) is 0.824. The third-order valence-corrected chi connectivity index (χ3v) is 2.38. The summed E-state index contributed by atoms with van der Waals surface area (Å²) in [4.78, 5) is 11.8. The molecule has 3 N–H and O–H groups in total. The number of benzene rings is 1. The summed E-state index contributed by atoms with van der Waals surface area (Å²) in [7, 11) is 0. The maximum atomic E-state index is 11.8. The van der Waals surface area contributed by atoms with E-state index >= 15 is 0 Å². The van der Waals surface area contributed by atoms with Crippen LogP contribution in [0.1, 0.15) is 33.3 Å². The molecule has 1 amide bonds. The molecule has 0 atom stereocenters. The van der Waals surface area contributed by atoms with Crippen LogP contribution < -0.4 is 15.8 Å². The van der Waals surface area contributed by atoms with Gasteiger partial charge < -0.3 is 15.8 Å². The molecule has 0 unspecified atom stereocenters. The van der Waals surface area contributed by atoms with Crippen LogP contribution in [0.3, 0.4) is 0 Å². The number of hydrogen-bond donors (Lipinski definition) is 2. The van der Waals surface area contributed by atoms with Gasteiger partial charge in [0, 0.05) is 12.1 Å². The van der Waals surface area contributed by atoms with E-state index in [1.807, 2.05) is 52.0 Å². The average molecular weight is 264 g/mol. The van der Waals surface area contributed by atoms with E-state index in [0.717, 1.165) is 11.3 Å². The third kappa shape index (κ3) is 6.82. The Balaban J connectivity index is 2.54. The molecule has 0 saturated heterocycles. The molecule has 106 valence electrons. The van der Waals surface area contributed by atoms with Crippen LogP contribution in [0.15, 0.2) is 24.3 Å². The molecule has 0 saturated carbocycles. The topological polar surface area (TPSA) is 64.3 Å². The third-order valence-electron chi connectivity index (χ3n) is 2.38. The van der Waals surface area contributed by atoms with Crippen molar-refractivity contribution in [2.45, 2.75) is 45.8 Å². The molecule has 1 rings (SSSR count). The van der Waals surface area contributed by atoms with E-state index in [-0.39, 0.29) is 12.0 Å². The zero-order valence-corrected chi connectivity index (χ0v) is 12.2. The highest BCUT2D eigenvalue weighted by atomic mass is 16.5. The van der Waals surface area contributed by atoms with E-state index < -0.39 is 5.54 Å². The smallest absolute Gasteiger partial charge is 0.224 e. The molecule has 0 fully saturated rings. The highest BCUT2D eigenvalue weighted by Crippen LogP contribution is 2.15. The van der Waals surface area contributed by atoms with Gasteiger partial charge in [-0.05, 0) is 45.4 Å². The molecule has 1 aromatic rings. The molecule has 0 heterocycles. The van der Waals surface area contributed by atoms with Gasteiger partial charge in [0.25, 0.3) is 0 Å². The van der Waals surface area contributed by atoms with E-state index in [9.17, 15) is 4.79 Å². The Bertz CT molecular complexity index is 422. The van der Waals surface area contributed by atoms with E-state index in [0.29, 0.717) is 13.0 Å². The van der Waals surface area contributed by atoms with Gasteiger partial charge in [-0.3, -0.25) is 4.79 Å². The second-order valence-corrected chi connectivity index (χ2v) is 5.76. The van der Waals surface area contributed by atoms with Crippen LogP contribution in [0.4, 0.5) is 0 Å². The van der Waals surface area contributed by atoms with Gasteiger partial charge in [0.15, 0.2) is 0 Å². The number of carbonyl (C=O) groups is 1. The first-order valence-electron chi connectivity index (χ1n) is 6.57. The van der Waals surface area contributed by atoms with E-state index in [2.05, 4.69) is 5.32 Å². The lowest BCUT2D eigenvalue weighted by Gasteiger charge is -2.19. The van der Waals surface area contributed by atoms with Crippen LogP contribution in [0.5, 0.6) is 5.75 Å². The summed E-state index contributed by atoms with van der Waals surface area (Å²) in [6, 6.07) is 7.60. The summed E-state index contributed by atoms with van der Waals surface area (Å²) in [6.45, 7) is 8.17. The van der Waals surface area contributed by atoms with Gasteiger partial charge in [0.1, 0.15) is 5.75 Å². The molecule has 0 aliphatic heterocycles. The summed E-state index contributed by atoms with van der Waals surface area (Å²) < 4.78 is 5.60. The molecular weight excluding hydrogens is 240 g/mol. The first-order valence-corrected chi connectivity index (χ1v) is 6.57. The van der Waals surface area contributed by atoms with Gasteiger partial charge in [0.05, 0.1) is 12.5 Å². The predicted octanol–water partition coefficient (Wildman–Crippen LogP) is 1.87. The van der Waals surface area contributed by atoms with Crippen molar-refractivity contribution < 1.29 is 9.53 Å². The molecule has 0 bridgehead atoms. The maximum absolute atomic E-state index is 11.8. The number of carbonyl (C=O) groups excluding carboxylic acids is 1. The van der Waals surface area contributed by atoms with Crippen molar-refractivity contribution in [1.29, 1.82) is 0 Å². The predicted molar refractivity (Wildman–Crippen MR) is 77.2 cm³/mol. The summed E-state index contributed by atoms with van der Waals surface area (Å²) in [5.74, 6) is 0.764. The number of nitrogens with one attached hydrogen (secondary N) is 1. The molecule has 0 radical (unpaired) electrons. The molecule has 0 aliphatic carbocycles. The Morgan fingerprint density at radius 1 is 1.42 bits per heavy atom. The lowest BCUT2D eigenvalue weighted by molar-refractivity contribution is -0.120. The first kappa shape index (κ1) is 15.5. The largest absolute Gasteiger partial charge is 0.491 e. The fourth-order valence-corrected chi connectivity index (χ4v) is 1.58. The Morgan fingerprint density at radius 3 is 2.68 bits per heavy atom. The molecule has 4 nitrogen and oxygen atoms in total. The average Bonchev–Trinajstić information content (AvgIpc) is 2.25. The lowest BCUT2D eigenvalue weighted by atomic mass is 10.1. The number of hydrogen-bond acceptors (Lipinski definition) is 3. The maximum Gasteiger partial charge on any atom is 0.224 e. The molecule has 0 aromatic heterocycles. The number of ether oxygens (including phenoxy) is 1. The minimum atomic E-state index is -0.391. The highest BCUT2D eigenvalue weighted by molar-refractivity contribution is 5.78. The fourth-order valence-electron chi connectivity index (χ4n) is 1.58. The van der Waals surface area contributed by atoms with E-state index in [1.165, 1.54) is 0 Å². The van der Waals surface area contributed by atoms with Crippen LogP contribution in [-0.4, -0.2) is 24.1 Å². The molecular formula is C15H24N2O2. The minimum Gasteiger partial charge on any atom is -0.491 e. The normalized spacial score (nSPS) is 11.5. The Kier molecular flexibility index (Phi) is 5.36. The minimum absolute atomic E-state index is 0.0276. The van der Waals surface area contributed by atoms with Gasteiger partial charge in [-0.1, -0.05) is 12.1 Å². The second kappa shape index (κ2) is 6.57. The van der Waals surface area contributed by atoms with Crippen molar-refractivity contribution in [1.82, 2.24) is 5.32 Å². The van der Waals surface area contributed by atoms with Gasteiger partial charge in [-0.25, -0.2) is 0 Å². The lowest BCUT2D eigenvalue weighted by Crippen LogP contribution is -2.45. The van der Waals surface area contributed by atoms with Crippen molar-refractivity contribution in [3.8, 4) is 5.75 Å². The highest BCUT2D eigenvalue weighted by Gasteiger charge is 2.12. The molecule has 0 aliphatic rings. The van der Waals surface area contributed by atoms with Gasteiger partial charge in [-0.15, -0.1) is 0 Å². The fraction of sp³-hybridized carbons (Fsp3) is 0.533. The van der Waals surface area contributed by atoms with Crippen LogP contribution in [0.2, 0.25) is 0 Å². The Labute approximate surface area is 115 Å². The van der Waals surface area contributed by atoms with E-state index in [1.54, 1.807) is 0 Å². The van der Waals surface area contributed by atoms with Crippen molar-refractivity contribution in [2.24, 2.45) is 5.73 Å². The molecule has 1 aromatic carbocycles. The van der Waals surface area contributed by atoms with Gasteiger partial charge >= 0.3 is 0 Å². The van der Waals surface area contributed by atoms with Crippen molar-refractivity contribution >= 4 is 5.91 Å². The van der Waals surface area contributed by atoms with Crippen LogP contribution >= 0.6 is 0 Å². The second-order valence-electron chi connectivity index (χ2n) is 5.76. The number of rotatable bonds is 6. The van der Waals surface area contributed by atoms with E-state index in [4.69, 9.17) is 10.5 Å². The summed E-state index contributed by atoms with van der Waals surface area (Å²) >= 11 is 0. The molecule has 4 heteroatoms. The number of nitrogens with two attached hydrogens (primary N) is 1. The molecule has 19 heavy (non-hydrogen) atoms.